The van der Waals surface area contributed by atoms with E-state index in [4.69, 9.17) is 10.6 Å². The summed E-state index contributed by atoms with van der Waals surface area (Å²) in [7, 11) is 1.53. The Morgan fingerprint density at radius 3 is 2.62 bits per heavy atom. The Bertz CT molecular complexity index is 461. The highest BCUT2D eigenvalue weighted by molar-refractivity contribution is 5.63. The molecular formula is C14H25N5O2. The number of methoxy groups -OCH3 is 1. The Hall–Kier alpha value is -1.60. The molecule has 1 saturated carbocycles. The van der Waals surface area contributed by atoms with Crippen LogP contribution in [0.25, 0.3) is 0 Å². The molecule has 1 aromatic rings. The maximum absolute atomic E-state index is 10.6. The van der Waals surface area contributed by atoms with Gasteiger partial charge in [0.05, 0.1) is 12.7 Å². The van der Waals surface area contributed by atoms with E-state index in [-0.39, 0.29) is 0 Å². The lowest BCUT2D eigenvalue weighted by atomic mass is 9.78. The summed E-state index contributed by atoms with van der Waals surface area (Å²) in [6.07, 6.45) is 6.37. The number of nitrogen functional groups attached to an aromatic ring is 1. The van der Waals surface area contributed by atoms with Gasteiger partial charge >= 0.3 is 0 Å². The van der Waals surface area contributed by atoms with Crippen LogP contribution in [0, 0.1) is 5.92 Å². The lowest BCUT2D eigenvalue weighted by Crippen LogP contribution is -2.40. The Morgan fingerprint density at radius 2 is 2.05 bits per heavy atom. The van der Waals surface area contributed by atoms with Crippen molar-refractivity contribution in [3.05, 3.63) is 6.33 Å². The molecule has 0 unspecified atom stereocenters. The van der Waals surface area contributed by atoms with Gasteiger partial charge in [-0.2, -0.15) is 0 Å². The second kappa shape index (κ2) is 6.91. The first-order valence-electron chi connectivity index (χ1n) is 7.43. The molecule has 21 heavy (non-hydrogen) atoms. The van der Waals surface area contributed by atoms with E-state index in [1.54, 1.807) is 0 Å². The molecule has 1 aliphatic rings. The van der Waals surface area contributed by atoms with Gasteiger partial charge < -0.3 is 20.6 Å². The minimum Gasteiger partial charge on any atom is -0.490 e. The average Bonchev–Trinajstić information content (AvgIpc) is 2.53. The number of nitrogens with two attached hydrogens (primary N) is 1. The van der Waals surface area contributed by atoms with Crippen molar-refractivity contribution < 1.29 is 9.84 Å². The zero-order chi connectivity index (χ0) is 15.3. The molecular weight excluding hydrogens is 270 g/mol. The molecule has 0 saturated heterocycles. The molecule has 1 fully saturated rings. The number of nitrogens with one attached hydrogen (secondary N) is 2. The normalized spacial score (nSPS) is 25.4. The van der Waals surface area contributed by atoms with Crippen LogP contribution in [0.15, 0.2) is 6.33 Å². The largest absolute Gasteiger partial charge is 0.490 e. The Balaban J connectivity index is 2.00. The van der Waals surface area contributed by atoms with Crippen molar-refractivity contribution in [1.82, 2.24) is 9.97 Å². The van der Waals surface area contributed by atoms with Crippen LogP contribution in [0.3, 0.4) is 0 Å². The van der Waals surface area contributed by atoms with Crippen LogP contribution in [0.2, 0.25) is 0 Å². The topological polar surface area (TPSA) is 105 Å². The monoisotopic (exact) mass is 295 g/mol. The van der Waals surface area contributed by atoms with Crippen LogP contribution >= 0.6 is 0 Å². The molecule has 7 heteroatoms. The van der Waals surface area contributed by atoms with E-state index in [0.29, 0.717) is 23.9 Å². The maximum atomic E-state index is 10.6. The molecule has 0 aliphatic heterocycles. The summed E-state index contributed by atoms with van der Waals surface area (Å²) in [4.78, 5) is 8.14. The highest BCUT2D eigenvalue weighted by Gasteiger charge is 2.32. The molecule has 7 nitrogen and oxygen atoms in total. The summed E-state index contributed by atoms with van der Waals surface area (Å²) in [5.74, 6) is 7.53. The summed E-state index contributed by atoms with van der Waals surface area (Å²) < 4.78 is 5.26. The van der Waals surface area contributed by atoms with Gasteiger partial charge in [0, 0.05) is 6.54 Å². The molecule has 1 heterocycles. The van der Waals surface area contributed by atoms with E-state index in [0.717, 1.165) is 31.6 Å². The summed E-state index contributed by atoms with van der Waals surface area (Å²) in [5.41, 5.74) is 1.79. The molecule has 0 radical (unpaired) electrons. The van der Waals surface area contributed by atoms with Gasteiger partial charge in [0.1, 0.15) is 6.33 Å². The zero-order valence-electron chi connectivity index (χ0n) is 12.7. The highest BCUT2D eigenvalue weighted by Crippen LogP contribution is 2.35. The zero-order valence-corrected chi connectivity index (χ0v) is 12.7. The number of aromatic nitrogens is 2. The molecule has 1 aromatic heterocycles. The Kier molecular flexibility index (Phi) is 5.19. The number of aliphatic hydroxyl groups is 1. The first-order chi connectivity index (χ1) is 10.1. The summed E-state index contributed by atoms with van der Waals surface area (Å²) >= 11 is 0. The quantitative estimate of drug-likeness (QED) is 0.465. The summed E-state index contributed by atoms with van der Waals surface area (Å²) in [5, 5.41) is 13.8. The van der Waals surface area contributed by atoms with Crippen molar-refractivity contribution in [2.24, 2.45) is 11.8 Å². The molecule has 0 atom stereocenters. The first-order valence-corrected chi connectivity index (χ1v) is 7.43. The lowest BCUT2D eigenvalue weighted by Gasteiger charge is -2.36. The van der Waals surface area contributed by atoms with Crippen LogP contribution in [0.4, 0.5) is 11.6 Å². The second-order valence-corrected chi connectivity index (χ2v) is 5.68. The lowest BCUT2D eigenvalue weighted by molar-refractivity contribution is 0.00220. The fourth-order valence-corrected chi connectivity index (χ4v) is 2.84. The third kappa shape index (κ3) is 3.74. The fraction of sp³-hybridized carbons (Fsp3) is 0.714. The number of anilines is 2. The fourth-order valence-electron chi connectivity index (χ4n) is 2.84. The predicted molar refractivity (Wildman–Crippen MR) is 82.1 cm³/mol. The van der Waals surface area contributed by atoms with Gasteiger partial charge in [0.25, 0.3) is 0 Å². The number of hydrazine groups is 1. The number of nitrogens with zero attached hydrogens (tertiary/aromatic N) is 2. The SMILES string of the molecule is CCC1CCC(O)(CNc2ncnc(NN)c2OC)CC1. The van der Waals surface area contributed by atoms with E-state index in [9.17, 15) is 5.11 Å². The molecule has 2 rings (SSSR count). The van der Waals surface area contributed by atoms with E-state index in [1.807, 2.05) is 0 Å². The van der Waals surface area contributed by atoms with E-state index >= 15 is 0 Å². The Morgan fingerprint density at radius 1 is 1.38 bits per heavy atom. The van der Waals surface area contributed by atoms with Gasteiger partial charge in [-0.1, -0.05) is 13.3 Å². The standard InChI is InChI=1S/C14H25N5O2/c1-3-10-4-6-14(20,7-5-10)8-16-12-11(21-2)13(19-15)18-9-17-12/h9-10,20H,3-8,15H2,1-2H3,(H2,16,17,18,19). The molecule has 0 amide bonds. The van der Waals surface area contributed by atoms with Gasteiger partial charge in [0.15, 0.2) is 11.6 Å². The number of hydrogen-bond donors (Lipinski definition) is 4. The summed E-state index contributed by atoms with van der Waals surface area (Å²) in [6.45, 7) is 2.65. The minimum atomic E-state index is -0.683. The Labute approximate surface area is 125 Å². The molecule has 0 bridgehead atoms. The van der Waals surface area contributed by atoms with Crippen LogP contribution in [-0.4, -0.2) is 34.3 Å². The number of ether oxygens (including phenoxy) is 1. The first kappa shape index (κ1) is 15.8. The average molecular weight is 295 g/mol. The van der Waals surface area contributed by atoms with Crippen molar-refractivity contribution >= 4 is 11.6 Å². The number of rotatable bonds is 6. The molecule has 0 aromatic carbocycles. The van der Waals surface area contributed by atoms with E-state index in [2.05, 4.69) is 27.6 Å². The minimum absolute atomic E-state index is 0.414. The molecule has 118 valence electrons. The predicted octanol–water partition coefficient (Wildman–Crippen LogP) is 1.51. The third-order valence-corrected chi connectivity index (χ3v) is 4.34. The van der Waals surface area contributed by atoms with Gasteiger partial charge in [-0.15, -0.1) is 0 Å². The van der Waals surface area contributed by atoms with Crippen LogP contribution < -0.4 is 21.3 Å². The number of hydrogen-bond acceptors (Lipinski definition) is 7. The summed E-state index contributed by atoms with van der Waals surface area (Å²) in [6, 6.07) is 0. The maximum Gasteiger partial charge on any atom is 0.205 e. The van der Waals surface area contributed by atoms with Crippen LogP contribution in [-0.2, 0) is 0 Å². The van der Waals surface area contributed by atoms with E-state index < -0.39 is 5.60 Å². The van der Waals surface area contributed by atoms with E-state index in [1.165, 1.54) is 19.9 Å². The van der Waals surface area contributed by atoms with Crippen molar-refractivity contribution in [2.75, 3.05) is 24.4 Å². The third-order valence-electron chi connectivity index (χ3n) is 4.34. The van der Waals surface area contributed by atoms with Crippen molar-refractivity contribution in [1.29, 1.82) is 0 Å². The van der Waals surface area contributed by atoms with Crippen LogP contribution in [0.5, 0.6) is 5.75 Å². The van der Waals surface area contributed by atoms with Crippen molar-refractivity contribution in [3.8, 4) is 5.75 Å². The molecule has 0 spiro atoms. The second-order valence-electron chi connectivity index (χ2n) is 5.68. The van der Waals surface area contributed by atoms with Gasteiger partial charge in [-0.3, -0.25) is 0 Å². The van der Waals surface area contributed by atoms with Gasteiger partial charge in [-0.25, -0.2) is 15.8 Å². The smallest absolute Gasteiger partial charge is 0.205 e. The molecule has 1 aliphatic carbocycles. The van der Waals surface area contributed by atoms with Gasteiger partial charge in [-0.05, 0) is 31.6 Å². The van der Waals surface area contributed by atoms with Crippen molar-refractivity contribution in [3.63, 3.8) is 0 Å². The van der Waals surface area contributed by atoms with Gasteiger partial charge in [0.2, 0.25) is 5.75 Å². The molecule has 5 N–H and O–H groups in total. The van der Waals surface area contributed by atoms with Crippen molar-refractivity contribution in [2.45, 2.75) is 44.6 Å². The highest BCUT2D eigenvalue weighted by atomic mass is 16.5. The van der Waals surface area contributed by atoms with Crippen LogP contribution in [0.1, 0.15) is 39.0 Å².